The maximum atomic E-state index is 12.3. The molecule has 108 valence electrons. The van der Waals surface area contributed by atoms with Gasteiger partial charge in [0, 0.05) is 12.6 Å². The Balaban J connectivity index is 1.50. The van der Waals surface area contributed by atoms with Crippen LogP contribution >= 0.6 is 0 Å². The summed E-state index contributed by atoms with van der Waals surface area (Å²) >= 11 is 0. The maximum absolute atomic E-state index is 12.3. The summed E-state index contributed by atoms with van der Waals surface area (Å²) in [7, 11) is 0. The molecule has 2 fully saturated rings. The van der Waals surface area contributed by atoms with Crippen LogP contribution in [0.3, 0.4) is 0 Å². The highest BCUT2D eigenvalue weighted by Gasteiger charge is 2.34. The lowest BCUT2D eigenvalue weighted by Crippen LogP contribution is -2.54. The van der Waals surface area contributed by atoms with Gasteiger partial charge in [-0.2, -0.15) is 0 Å². The summed E-state index contributed by atoms with van der Waals surface area (Å²) < 4.78 is 0. The predicted molar refractivity (Wildman–Crippen MR) is 80.2 cm³/mol. The smallest absolute Gasteiger partial charge is 0.237 e. The summed E-state index contributed by atoms with van der Waals surface area (Å²) in [4.78, 5) is 12.3. The third kappa shape index (κ3) is 3.21. The lowest BCUT2D eigenvalue weighted by molar-refractivity contribution is -0.124. The molecule has 1 heterocycles. The average Bonchev–Trinajstić information content (AvgIpc) is 2.53. The number of piperidine rings is 1. The first kappa shape index (κ1) is 13.6. The van der Waals surface area contributed by atoms with E-state index in [4.69, 9.17) is 0 Å². The van der Waals surface area contributed by atoms with Crippen molar-refractivity contribution in [3.05, 3.63) is 35.9 Å². The third-order valence-electron chi connectivity index (χ3n) is 4.78. The van der Waals surface area contributed by atoms with Crippen molar-refractivity contribution in [2.75, 3.05) is 0 Å². The molecule has 1 aromatic rings. The van der Waals surface area contributed by atoms with Gasteiger partial charge in [-0.3, -0.25) is 4.79 Å². The monoisotopic (exact) mass is 272 g/mol. The first-order valence-corrected chi connectivity index (χ1v) is 7.90. The Morgan fingerprint density at radius 3 is 2.75 bits per heavy atom. The summed E-state index contributed by atoms with van der Waals surface area (Å²) in [6.07, 6.45) is 7.46. The van der Waals surface area contributed by atoms with E-state index in [0.717, 1.165) is 17.9 Å². The quantitative estimate of drug-likeness (QED) is 0.888. The predicted octanol–water partition coefficient (Wildman–Crippen LogP) is 2.61. The van der Waals surface area contributed by atoms with Gasteiger partial charge in [-0.25, -0.2) is 0 Å². The van der Waals surface area contributed by atoms with E-state index in [1.54, 1.807) is 0 Å². The van der Waals surface area contributed by atoms with Crippen LogP contribution in [0.1, 0.15) is 44.1 Å². The third-order valence-corrected chi connectivity index (χ3v) is 4.78. The van der Waals surface area contributed by atoms with E-state index < -0.39 is 0 Å². The van der Waals surface area contributed by atoms with Gasteiger partial charge >= 0.3 is 0 Å². The van der Waals surface area contributed by atoms with Crippen LogP contribution in [-0.2, 0) is 11.3 Å². The Kier molecular flexibility index (Phi) is 4.36. The summed E-state index contributed by atoms with van der Waals surface area (Å²) in [6, 6.07) is 10.7. The minimum Gasteiger partial charge on any atom is -0.351 e. The van der Waals surface area contributed by atoms with Gasteiger partial charge in [0.1, 0.15) is 0 Å². The second-order valence-corrected chi connectivity index (χ2v) is 6.15. The van der Waals surface area contributed by atoms with Crippen molar-refractivity contribution in [2.24, 2.45) is 5.92 Å². The zero-order valence-corrected chi connectivity index (χ0v) is 12.0. The molecule has 20 heavy (non-hydrogen) atoms. The number of hydrogen-bond donors (Lipinski definition) is 2. The molecule has 2 N–H and O–H groups in total. The highest BCUT2D eigenvalue weighted by atomic mass is 16.2. The zero-order valence-electron chi connectivity index (χ0n) is 12.0. The van der Waals surface area contributed by atoms with Crippen LogP contribution in [0.2, 0.25) is 0 Å². The number of hydrogen-bond acceptors (Lipinski definition) is 2. The standard InChI is InChI=1S/C17H24N2O/c20-17(18-12-13-6-2-1-3-7-13)16-11-10-14-8-4-5-9-15(14)19-16/h1-3,6-7,14-16,19H,4-5,8-12H2,(H,18,20). The van der Waals surface area contributed by atoms with Crippen LogP contribution in [-0.4, -0.2) is 18.0 Å². The molecular weight excluding hydrogens is 248 g/mol. The van der Waals surface area contributed by atoms with Gasteiger partial charge in [0.25, 0.3) is 0 Å². The molecule has 0 bridgehead atoms. The van der Waals surface area contributed by atoms with Crippen molar-refractivity contribution >= 4 is 5.91 Å². The van der Waals surface area contributed by atoms with Crippen molar-refractivity contribution in [1.82, 2.24) is 10.6 Å². The van der Waals surface area contributed by atoms with E-state index in [2.05, 4.69) is 10.6 Å². The van der Waals surface area contributed by atoms with Crippen LogP contribution in [0.25, 0.3) is 0 Å². The number of amides is 1. The van der Waals surface area contributed by atoms with E-state index in [1.807, 2.05) is 30.3 Å². The molecule has 3 nitrogen and oxygen atoms in total. The molecular formula is C17H24N2O. The summed E-state index contributed by atoms with van der Waals surface area (Å²) in [5.41, 5.74) is 1.16. The molecule has 0 aromatic heterocycles. The molecule has 0 spiro atoms. The number of fused-ring (bicyclic) bond motifs is 1. The summed E-state index contributed by atoms with van der Waals surface area (Å²) in [5, 5.41) is 6.64. The van der Waals surface area contributed by atoms with Crippen molar-refractivity contribution < 1.29 is 4.79 Å². The molecule has 3 unspecified atom stereocenters. The number of carbonyl (C=O) groups is 1. The summed E-state index contributed by atoms with van der Waals surface area (Å²) in [6.45, 7) is 0.631. The Bertz CT molecular complexity index is 446. The van der Waals surface area contributed by atoms with Crippen LogP contribution in [0.4, 0.5) is 0 Å². The number of rotatable bonds is 3. The lowest BCUT2D eigenvalue weighted by atomic mass is 9.77. The van der Waals surface area contributed by atoms with E-state index >= 15 is 0 Å². The zero-order chi connectivity index (χ0) is 13.8. The number of nitrogens with one attached hydrogen (secondary N) is 2. The minimum absolute atomic E-state index is 0.0121. The van der Waals surface area contributed by atoms with Crippen LogP contribution in [0.15, 0.2) is 30.3 Å². The van der Waals surface area contributed by atoms with Gasteiger partial charge in [0.15, 0.2) is 0 Å². The Morgan fingerprint density at radius 2 is 1.90 bits per heavy atom. The Morgan fingerprint density at radius 1 is 1.10 bits per heavy atom. The molecule has 1 amide bonds. The highest BCUT2D eigenvalue weighted by molar-refractivity contribution is 5.81. The SMILES string of the molecule is O=C(NCc1ccccc1)C1CCC2CCCCC2N1. The fourth-order valence-corrected chi connectivity index (χ4v) is 3.61. The lowest BCUT2D eigenvalue weighted by Gasteiger charge is -2.39. The first-order valence-electron chi connectivity index (χ1n) is 7.90. The molecule has 3 rings (SSSR count). The largest absolute Gasteiger partial charge is 0.351 e. The van der Waals surface area contributed by atoms with Gasteiger partial charge < -0.3 is 10.6 Å². The molecule has 3 heteroatoms. The maximum Gasteiger partial charge on any atom is 0.237 e. The van der Waals surface area contributed by atoms with Crippen LogP contribution in [0.5, 0.6) is 0 Å². The van der Waals surface area contributed by atoms with Gasteiger partial charge in [-0.15, -0.1) is 0 Å². The topological polar surface area (TPSA) is 41.1 Å². The van der Waals surface area contributed by atoms with E-state index in [-0.39, 0.29) is 11.9 Å². The van der Waals surface area contributed by atoms with Gasteiger partial charge in [0.05, 0.1) is 6.04 Å². The molecule has 1 saturated heterocycles. The van der Waals surface area contributed by atoms with Crippen molar-refractivity contribution in [3.8, 4) is 0 Å². The summed E-state index contributed by atoms with van der Waals surface area (Å²) in [5.74, 6) is 0.972. The van der Waals surface area contributed by atoms with Gasteiger partial charge in [-0.05, 0) is 37.2 Å². The van der Waals surface area contributed by atoms with E-state index in [0.29, 0.717) is 12.6 Å². The molecule has 2 aliphatic rings. The average molecular weight is 272 g/mol. The van der Waals surface area contributed by atoms with Crippen LogP contribution < -0.4 is 10.6 Å². The van der Waals surface area contributed by atoms with E-state index in [1.165, 1.54) is 32.1 Å². The van der Waals surface area contributed by atoms with Crippen molar-refractivity contribution in [3.63, 3.8) is 0 Å². The van der Waals surface area contributed by atoms with Crippen molar-refractivity contribution in [2.45, 2.75) is 57.2 Å². The normalized spacial score (nSPS) is 29.5. The molecule has 3 atom stereocenters. The second-order valence-electron chi connectivity index (χ2n) is 6.15. The molecule has 1 aliphatic carbocycles. The van der Waals surface area contributed by atoms with Gasteiger partial charge in [-0.1, -0.05) is 43.2 Å². The molecule has 1 aromatic carbocycles. The van der Waals surface area contributed by atoms with Crippen LogP contribution in [0, 0.1) is 5.92 Å². The molecule has 1 saturated carbocycles. The fraction of sp³-hybridized carbons (Fsp3) is 0.588. The molecule has 0 radical (unpaired) electrons. The Hall–Kier alpha value is -1.35. The highest BCUT2D eigenvalue weighted by Crippen LogP contribution is 2.32. The minimum atomic E-state index is 0.0121. The van der Waals surface area contributed by atoms with Crippen molar-refractivity contribution in [1.29, 1.82) is 0 Å². The van der Waals surface area contributed by atoms with E-state index in [9.17, 15) is 4.79 Å². The first-order chi connectivity index (χ1) is 9.83. The van der Waals surface area contributed by atoms with Gasteiger partial charge in [0.2, 0.25) is 5.91 Å². The fourth-order valence-electron chi connectivity index (χ4n) is 3.61. The number of benzene rings is 1. The Labute approximate surface area is 121 Å². The number of carbonyl (C=O) groups excluding carboxylic acids is 1. The second kappa shape index (κ2) is 6.40. The molecule has 1 aliphatic heterocycles.